The van der Waals surface area contributed by atoms with Crippen LogP contribution in [0.1, 0.15) is 22.2 Å². The average molecular weight is 332 g/mol. The molecular formula is C17H18ClN3O2. The molecule has 23 heavy (non-hydrogen) atoms. The second kappa shape index (κ2) is 6.98. The van der Waals surface area contributed by atoms with E-state index in [4.69, 9.17) is 16.3 Å². The molecule has 0 aliphatic carbocycles. The van der Waals surface area contributed by atoms with Crippen molar-refractivity contribution in [3.05, 3.63) is 58.9 Å². The van der Waals surface area contributed by atoms with Gasteiger partial charge in [-0.2, -0.15) is 0 Å². The molecule has 0 spiro atoms. The van der Waals surface area contributed by atoms with E-state index in [1.54, 1.807) is 35.4 Å². The molecule has 6 heteroatoms. The summed E-state index contributed by atoms with van der Waals surface area (Å²) in [6.07, 6.45) is 1.56. The van der Waals surface area contributed by atoms with Crippen LogP contribution in [-0.4, -0.2) is 42.5 Å². The number of morpholine rings is 1. The number of halogens is 1. The Morgan fingerprint density at radius 2 is 2.09 bits per heavy atom. The Morgan fingerprint density at radius 1 is 1.30 bits per heavy atom. The molecule has 1 atom stereocenters. The molecule has 0 unspecified atom stereocenters. The van der Waals surface area contributed by atoms with E-state index in [0.717, 1.165) is 11.4 Å². The van der Waals surface area contributed by atoms with Crippen molar-refractivity contribution in [2.45, 2.75) is 6.10 Å². The highest BCUT2D eigenvalue weighted by molar-refractivity contribution is 6.30. The summed E-state index contributed by atoms with van der Waals surface area (Å²) in [7, 11) is 1.85. The van der Waals surface area contributed by atoms with E-state index in [0.29, 0.717) is 30.3 Å². The largest absolute Gasteiger partial charge is 0.387 e. The van der Waals surface area contributed by atoms with Crippen LogP contribution >= 0.6 is 11.6 Å². The fourth-order valence-corrected chi connectivity index (χ4v) is 2.66. The fraction of sp³-hybridized carbons (Fsp3) is 0.294. The zero-order chi connectivity index (χ0) is 16.2. The van der Waals surface area contributed by atoms with Crippen LogP contribution in [0.3, 0.4) is 0 Å². The van der Waals surface area contributed by atoms with Crippen molar-refractivity contribution in [1.29, 1.82) is 0 Å². The van der Waals surface area contributed by atoms with Crippen LogP contribution in [0, 0.1) is 0 Å². The van der Waals surface area contributed by atoms with Crippen molar-refractivity contribution >= 4 is 23.2 Å². The normalized spacial score (nSPS) is 17.8. The van der Waals surface area contributed by atoms with E-state index < -0.39 is 0 Å². The van der Waals surface area contributed by atoms with Crippen LogP contribution in [0.2, 0.25) is 5.02 Å². The van der Waals surface area contributed by atoms with Crippen molar-refractivity contribution in [2.24, 2.45) is 0 Å². The highest BCUT2D eigenvalue weighted by Crippen LogP contribution is 2.23. The number of ether oxygens (including phenoxy) is 1. The maximum Gasteiger partial charge on any atom is 0.254 e. The second-order valence-electron chi connectivity index (χ2n) is 5.34. The molecule has 0 saturated carbocycles. The lowest BCUT2D eigenvalue weighted by Crippen LogP contribution is -2.42. The minimum Gasteiger partial charge on any atom is -0.387 e. The first-order valence-electron chi connectivity index (χ1n) is 7.47. The molecule has 0 radical (unpaired) electrons. The third-order valence-electron chi connectivity index (χ3n) is 3.85. The SMILES string of the molecule is CNc1ccc([C@@H]2CN(C(=O)c3ccc(Cl)cc3)CCO2)nc1. The summed E-state index contributed by atoms with van der Waals surface area (Å²) in [4.78, 5) is 18.8. The molecule has 3 rings (SSSR count). The Hall–Kier alpha value is -2.11. The van der Waals surface area contributed by atoms with Crippen molar-refractivity contribution in [3.63, 3.8) is 0 Å². The number of amides is 1. The van der Waals surface area contributed by atoms with E-state index in [1.807, 2.05) is 19.2 Å². The number of carbonyl (C=O) groups excluding carboxylic acids is 1. The van der Waals surface area contributed by atoms with Crippen LogP contribution in [0.15, 0.2) is 42.6 Å². The molecule has 0 bridgehead atoms. The molecule has 120 valence electrons. The first-order chi connectivity index (χ1) is 11.2. The van der Waals surface area contributed by atoms with Gasteiger partial charge in [-0.15, -0.1) is 0 Å². The van der Waals surface area contributed by atoms with Gasteiger partial charge in [-0.25, -0.2) is 0 Å². The van der Waals surface area contributed by atoms with E-state index in [2.05, 4.69) is 10.3 Å². The molecule has 1 fully saturated rings. The number of nitrogens with one attached hydrogen (secondary N) is 1. The molecule has 1 N–H and O–H groups in total. The van der Waals surface area contributed by atoms with Crippen LogP contribution < -0.4 is 5.32 Å². The molecule has 1 aliphatic heterocycles. The molecular weight excluding hydrogens is 314 g/mol. The summed E-state index contributed by atoms with van der Waals surface area (Å²) in [6.45, 7) is 1.57. The Morgan fingerprint density at radius 3 is 2.74 bits per heavy atom. The van der Waals surface area contributed by atoms with Crippen LogP contribution in [0.4, 0.5) is 5.69 Å². The van der Waals surface area contributed by atoms with Crippen LogP contribution in [0.25, 0.3) is 0 Å². The number of anilines is 1. The molecule has 1 aromatic carbocycles. The van der Waals surface area contributed by atoms with Gasteiger partial charge in [0, 0.05) is 24.2 Å². The summed E-state index contributed by atoms with van der Waals surface area (Å²) in [5.74, 6) is -0.0122. The maximum atomic E-state index is 12.6. The number of hydrogen-bond acceptors (Lipinski definition) is 4. The van der Waals surface area contributed by atoms with E-state index in [1.165, 1.54) is 0 Å². The Balaban J connectivity index is 1.72. The third kappa shape index (κ3) is 3.63. The molecule has 5 nitrogen and oxygen atoms in total. The lowest BCUT2D eigenvalue weighted by molar-refractivity contribution is -0.0247. The zero-order valence-corrected chi connectivity index (χ0v) is 13.6. The summed E-state index contributed by atoms with van der Waals surface area (Å²) in [5.41, 5.74) is 2.41. The lowest BCUT2D eigenvalue weighted by Gasteiger charge is -2.32. The molecule has 2 aromatic rings. The summed E-state index contributed by atoms with van der Waals surface area (Å²) < 4.78 is 5.77. The number of carbonyl (C=O) groups is 1. The van der Waals surface area contributed by atoms with Gasteiger partial charge < -0.3 is 15.0 Å². The summed E-state index contributed by atoms with van der Waals surface area (Å²) in [6, 6.07) is 10.8. The highest BCUT2D eigenvalue weighted by atomic mass is 35.5. The fourth-order valence-electron chi connectivity index (χ4n) is 2.53. The van der Waals surface area contributed by atoms with Crippen LogP contribution in [0.5, 0.6) is 0 Å². The number of nitrogens with zero attached hydrogens (tertiary/aromatic N) is 2. The topological polar surface area (TPSA) is 54.5 Å². The van der Waals surface area contributed by atoms with E-state index in [9.17, 15) is 4.79 Å². The van der Waals surface area contributed by atoms with Gasteiger partial charge in [0.1, 0.15) is 6.10 Å². The monoisotopic (exact) mass is 331 g/mol. The molecule has 1 saturated heterocycles. The summed E-state index contributed by atoms with van der Waals surface area (Å²) in [5, 5.41) is 3.65. The lowest BCUT2D eigenvalue weighted by atomic mass is 10.1. The van der Waals surface area contributed by atoms with E-state index >= 15 is 0 Å². The summed E-state index contributed by atoms with van der Waals surface area (Å²) >= 11 is 5.87. The number of hydrogen-bond donors (Lipinski definition) is 1. The zero-order valence-electron chi connectivity index (χ0n) is 12.8. The van der Waals surface area contributed by atoms with Crippen LogP contribution in [-0.2, 0) is 4.74 Å². The maximum absolute atomic E-state index is 12.6. The number of benzene rings is 1. The predicted octanol–water partition coefficient (Wildman–Crippen LogP) is 2.99. The predicted molar refractivity (Wildman–Crippen MR) is 89.8 cm³/mol. The molecule has 1 amide bonds. The number of pyridine rings is 1. The smallest absolute Gasteiger partial charge is 0.254 e. The Labute approximate surface area is 140 Å². The van der Waals surface area contributed by atoms with Gasteiger partial charge in [0.05, 0.1) is 30.7 Å². The first-order valence-corrected chi connectivity index (χ1v) is 7.85. The number of aromatic nitrogens is 1. The van der Waals surface area contributed by atoms with Crippen molar-refractivity contribution < 1.29 is 9.53 Å². The standard InChI is InChI=1S/C17H18ClN3O2/c1-19-14-6-7-15(20-10-14)16-11-21(8-9-23-16)17(22)12-2-4-13(18)5-3-12/h2-7,10,16,19H,8-9,11H2,1H3/t16-/m0/s1. The molecule has 2 heterocycles. The number of rotatable bonds is 3. The quantitative estimate of drug-likeness (QED) is 0.939. The first kappa shape index (κ1) is 15.8. The van der Waals surface area contributed by atoms with Crippen molar-refractivity contribution in [2.75, 3.05) is 32.1 Å². The van der Waals surface area contributed by atoms with Gasteiger partial charge in [0.15, 0.2) is 0 Å². The van der Waals surface area contributed by atoms with E-state index in [-0.39, 0.29) is 12.0 Å². The average Bonchev–Trinajstić information content (AvgIpc) is 2.62. The van der Waals surface area contributed by atoms with Gasteiger partial charge in [-0.05, 0) is 36.4 Å². The van der Waals surface area contributed by atoms with Gasteiger partial charge in [-0.1, -0.05) is 11.6 Å². The highest BCUT2D eigenvalue weighted by Gasteiger charge is 2.26. The van der Waals surface area contributed by atoms with Gasteiger partial charge in [0.25, 0.3) is 5.91 Å². The van der Waals surface area contributed by atoms with Gasteiger partial charge in [0.2, 0.25) is 0 Å². The minimum absolute atomic E-state index is 0.0122. The van der Waals surface area contributed by atoms with Crippen molar-refractivity contribution in [3.8, 4) is 0 Å². The van der Waals surface area contributed by atoms with Crippen molar-refractivity contribution in [1.82, 2.24) is 9.88 Å². The Kier molecular flexibility index (Phi) is 4.79. The molecule has 1 aromatic heterocycles. The Bertz CT molecular complexity index is 673. The van der Waals surface area contributed by atoms with Gasteiger partial charge >= 0.3 is 0 Å². The van der Waals surface area contributed by atoms with Gasteiger partial charge in [-0.3, -0.25) is 9.78 Å². The second-order valence-corrected chi connectivity index (χ2v) is 5.78. The third-order valence-corrected chi connectivity index (χ3v) is 4.10. The minimum atomic E-state index is -0.203. The molecule has 1 aliphatic rings.